The summed E-state index contributed by atoms with van der Waals surface area (Å²) in [6.45, 7) is 8.37. The van der Waals surface area contributed by atoms with Gasteiger partial charge in [-0.1, -0.05) is 29.3 Å². The molecule has 0 amide bonds. The second-order valence-electron chi connectivity index (χ2n) is 6.79. The van der Waals surface area contributed by atoms with Crippen LogP contribution in [0.2, 0.25) is 10.0 Å². The number of rotatable bonds is 3. The Morgan fingerprint density at radius 1 is 1.29 bits per heavy atom. The SMILES string of the molecule is [C-]#[N+]c1ccc(Cn2c(N3CC[C@@H](F)[C@H](N)C3)nc3cc(Cl)c(Cl)cc32)nc1. The molecule has 3 aromatic rings. The number of nitrogens with zero attached hydrogens (tertiary/aromatic N) is 5. The van der Waals surface area contributed by atoms with E-state index in [9.17, 15) is 4.39 Å². The lowest BCUT2D eigenvalue weighted by atomic mass is 10.1. The molecule has 3 heterocycles. The van der Waals surface area contributed by atoms with Crippen LogP contribution in [0.1, 0.15) is 12.1 Å². The maximum absolute atomic E-state index is 13.8. The highest BCUT2D eigenvalue weighted by Crippen LogP contribution is 2.32. The van der Waals surface area contributed by atoms with Gasteiger partial charge in [-0.05, 0) is 24.6 Å². The van der Waals surface area contributed by atoms with Crippen molar-refractivity contribution < 1.29 is 4.39 Å². The molecular formula is C19H17Cl2FN6. The van der Waals surface area contributed by atoms with E-state index in [0.29, 0.717) is 53.3 Å². The number of hydrogen-bond donors (Lipinski definition) is 1. The number of piperidine rings is 1. The summed E-state index contributed by atoms with van der Waals surface area (Å²) in [5.41, 5.74) is 8.69. The van der Waals surface area contributed by atoms with Gasteiger partial charge in [0.05, 0.1) is 45.9 Å². The van der Waals surface area contributed by atoms with Crippen LogP contribution in [0.25, 0.3) is 15.9 Å². The summed E-state index contributed by atoms with van der Waals surface area (Å²) in [5.74, 6) is 0.673. The largest absolute Gasteiger partial charge is 0.340 e. The van der Waals surface area contributed by atoms with Crippen LogP contribution in [0.4, 0.5) is 16.0 Å². The number of nitrogens with two attached hydrogens (primary N) is 1. The molecule has 144 valence electrons. The molecule has 1 aliphatic heterocycles. The van der Waals surface area contributed by atoms with Gasteiger partial charge in [0.25, 0.3) is 0 Å². The first-order chi connectivity index (χ1) is 13.5. The maximum atomic E-state index is 13.8. The maximum Gasteiger partial charge on any atom is 0.206 e. The summed E-state index contributed by atoms with van der Waals surface area (Å²) < 4.78 is 15.8. The molecule has 9 heteroatoms. The molecule has 1 fully saturated rings. The normalized spacial score (nSPS) is 19.8. The number of pyridine rings is 1. The van der Waals surface area contributed by atoms with Gasteiger partial charge in [0.2, 0.25) is 11.6 Å². The Labute approximate surface area is 171 Å². The summed E-state index contributed by atoms with van der Waals surface area (Å²) in [4.78, 5) is 14.4. The number of benzene rings is 1. The van der Waals surface area contributed by atoms with Crippen LogP contribution >= 0.6 is 23.2 Å². The third-order valence-electron chi connectivity index (χ3n) is 4.88. The van der Waals surface area contributed by atoms with Crippen LogP contribution in [-0.4, -0.2) is 39.8 Å². The van der Waals surface area contributed by atoms with Gasteiger partial charge in [-0.2, -0.15) is 0 Å². The lowest BCUT2D eigenvalue weighted by Gasteiger charge is -2.34. The lowest BCUT2D eigenvalue weighted by molar-refractivity contribution is 0.243. The zero-order valence-corrected chi connectivity index (χ0v) is 16.3. The second-order valence-corrected chi connectivity index (χ2v) is 7.60. The standard InChI is InChI=1S/C19H17Cl2FN6/c1-24-11-2-3-12(25-8-11)9-28-18-7-14(21)13(20)6-17(18)26-19(28)27-5-4-15(22)16(23)10-27/h2-3,6-8,15-16H,4-5,9-10,23H2/t15-,16-/m1/s1. The smallest absolute Gasteiger partial charge is 0.206 e. The Hall–Kier alpha value is -2.40. The van der Waals surface area contributed by atoms with Gasteiger partial charge >= 0.3 is 0 Å². The highest BCUT2D eigenvalue weighted by Gasteiger charge is 2.29. The Morgan fingerprint density at radius 2 is 2.07 bits per heavy atom. The molecule has 0 unspecified atom stereocenters. The molecule has 2 atom stereocenters. The molecule has 4 rings (SSSR count). The molecule has 0 spiro atoms. The van der Waals surface area contributed by atoms with E-state index in [-0.39, 0.29) is 0 Å². The van der Waals surface area contributed by atoms with Crippen molar-refractivity contribution in [1.82, 2.24) is 14.5 Å². The molecule has 1 aromatic carbocycles. The van der Waals surface area contributed by atoms with Crippen LogP contribution < -0.4 is 10.6 Å². The van der Waals surface area contributed by atoms with Crippen LogP contribution in [0.3, 0.4) is 0 Å². The van der Waals surface area contributed by atoms with E-state index < -0.39 is 12.2 Å². The third kappa shape index (κ3) is 3.51. The summed E-state index contributed by atoms with van der Waals surface area (Å²) in [7, 11) is 0. The van der Waals surface area contributed by atoms with Crippen molar-refractivity contribution in [2.75, 3.05) is 18.0 Å². The van der Waals surface area contributed by atoms with Gasteiger partial charge < -0.3 is 15.2 Å². The van der Waals surface area contributed by atoms with Crippen LogP contribution in [0.15, 0.2) is 30.5 Å². The van der Waals surface area contributed by atoms with Gasteiger partial charge in [0.1, 0.15) is 6.17 Å². The van der Waals surface area contributed by atoms with E-state index in [1.54, 1.807) is 24.3 Å². The van der Waals surface area contributed by atoms with Crippen molar-refractivity contribution in [2.45, 2.75) is 25.2 Å². The Bertz CT molecular complexity index is 1060. The van der Waals surface area contributed by atoms with Crippen molar-refractivity contribution in [3.8, 4) is 0 Å². The van der Waals surface area contributed by atoms with Crippen molar-refractivity contribution in [3.63, 3.8) is 0 Å². The van der Waals surface area contributed by atoms with Crippen molar-refractivity contribution >= 4 is 45.9 Å². The molecule has 1 aliphatic rings. The summed E-state index contributed by atoms with van der Waals surface area (Å²) in [6.07, 6.45) is 0.875. The summed E-state index contributed by atoms with van der Waals surface area (Å²) >= 11 is 12.4. The fourth-order valence-corrected chi connectivity index (χ4v) is 3.69. The average Bonchev–Trinajstić information content (AvgIpc) is 3.02. The predicted octanol–water partition coefficient (Wildman–Crippen LogP) is 4.21. The third-order valence-corrected chi connectivity index (χ3v) is 5.60. The molecule has 0 aliphatic carbocycles. The molecule has 28 heavy (non-hydrogen) atoms. The number of hydrogen-bond acceptors (Lipinski definition) is 4. The van der Waals surface area contributed by atoms with E-state index in [1.165, 1.54) is 6.20 Å². The van der Waals surface area contributed by atoms with E-state index >= 15 is 0 Å². The Kier molecular flexibility index (Phi) is 5.11. The fourth-order valence-electron chi connectivity index (χ4n) is 3.38. The monoisotopic (exact) mass is 418 g/mol. The first-order valence-corrected chi connectivity index (χ1v) is 9.54. The number of halogens is 3. The van der Waals surface area contributed by atoms with Gasteiger partial charge in [0.15, 0.2) is 0 Å². The van der Waals surface area contributed by atoms with Crippen molar-refractivity contribution in [3.05, 3.63) is 57.6 Å². The number of alkyl halides is 1. The molecule has 0 bridgehead atoms. The number of aromatic nitrogens is 3. The van der Waals surface area contributed by atoms with E-state index in [0.717, 1.165) is 11.2 Å². The second kappa shape index (κ2) is 7.55. The molecule has 1 saturated heterocycles. The topological polar surface area (TPSA) is 64.3 Å². The minimum absolute atomic E-state index is 0.351. The van der Waals surface area contributed by atoms with Gasteiger partial charge in [0, 0.05) is 19.3 Å². The van der Waals surface area contributed by atoms with Crippen molar-refractivity contribution in [1.29, 1.82) is 0 Å². The van der Waals surface area contributed by atoms with Gasteiger partial charge in [-0.3, -0.25) is 4.98 Å². The molecule has 2 N–H and O–H groups in total. The first-order valence-electron chi connectivity index (χ1n) is 8.78. The molecule has 0 radical (unpaired) electrons. The number of imidazole rings is 1. The highest BCUT2D eigenvalue weighted by molar-refractivity contribution is 6.42. The minimum Gasteiger partial charge on any atom is -0.340 e. The summed E-state index contributed by atoms with van der Waals surface area (Å²) in [5, 5.41) is 0.849. The minimum atomic E-state index is -1.01. The quantitative estimate of drug-likeness (QED) is 0.646. The van der Waals surface area contributed by atoms with Crippen molar-refractivity contribution in [2.24, 2.45) is 5.73 Å². The average molecular weight is 419 g/mol. The summed E-state index contributed by atoms with van der Waals surface area (Å²) in [6, 6.07) is 6.45. The highest BCUT2D eigenvalue weighted by atomic mass is 35.5. The lowest BCUT2D eigenvalue weighted by Crippen LogP contribution is -2.50. The number of fused-ring (bicyclic) bond motifs is 1. The molecular weight excluding hydrogens is 402 g/mol. The van der Waals surface area contributed by atoms with Gasteiger partial charge in [-0.25, -0.2) is 14.2 Å². The zero-order valence-electron chi connectivity index (χ0n) is 14.8. The molecule has 6 nitrogen and oxygen atoms in total. The van der Waals surface area contributed by atoms with Gasteiger partial charge in [-0.15, -0.1) is 0 Å². The van der Waals surface area contributed by atoms with Crippen LogP contribution in [0.5, 0.6) is 0 Å². The molecule has 0 saturated carbocycles. The van der Waals surface area contributed by atoms with E-state index in [1.807, 2.05) is 9.47 Å². The van der Waals surface area contributed by atoms with E-state index in [2.05, 4.69) is 9.83 Å². The Balaban J connectivity index is 1.79. The zero-order chi connectivity index (χ0) is 19.8. The Morgan fingerprint density at radius 3 is 2.75 bits per heavy atom. The van der Waals surface area contributed by atoms with E-state index in [4.69, 9.17) is 40.5 Å². The fraction of sp³-hybridized carbons (Fsp3) is 0.316. The molecule has 2 aromatic heterocycles. The predicted molar refractivity (Wildman–Crippen MR) is 109 cm³/mol. The number of anilines is 1. The van der Waals surface area contributed by atoms with Crippen LogP contribution in [-0.2, 0) is 6.54 Å². The van der Waals surface area contributed by atoms with Crippen LogP contribution in [0, 0.1) is 6.57 Å². The first kappa shape index (κ1) is 18.9.